The molecule has 3 heteroatoms. The predicted octanol–water partition coefficient (Wildman–Crippen LogP) is -3.10. The Labute approximate surface area is 72.9 Å². The zero-order chi connectivity index (χ0) is 2.71. The molecule has 0 N–H and O–H groups in total. The molecule has 0 radical (unpaired) electrons. The van der Waals surface area contributed by atoms with Gasteiger partial charge in [0.15, 0.2) is 0 Å². The molecule has 0 fully saturated rings. The van der Waals surface area contributed by atoms with Crippen LogP contribution >= 0.6 is 0 Å². The van der Waals surface area contributed by atoms with E-state index in [9.17, 15) is 0 Å². The van der Waals surface area contributed by atoms with Gasteiger partial charge in [-0.2, -0.15) is 0 Å². The summed E-state index contributed by atoms with van der Waals surface area (Å²) in [4.78, 5) is 8.24. The average molecular weight is 127 g/mol. The molecular formula is CNORb. The number of carbonyl (C=O) groups excluding carboxylic acids is 1. The van der Waals surface area contributed by atoms with Crippen LogP contribution in [-0.4, -0.2) is 6.08 Å². The molecule has 0 aliphatic carbocycles. The second-order valence-electron chi connectivity index (χ2n) is 0.0913. The fourth-order valence-electron chi connectivity index (χ4n) is 0. The van der Waals surface area contributed by atoms with Crippen molar-refractivity contribution in [2.75, 3.05) is 0 Å². The quantitative estimate of drug-likeness (QED) is 0.251. The Hall–Kier alpha value is 1.19. The van der Waals surface area contributed by atoms with Crippen LogP contribution in [0.5, 0.6) is 0 Å². The molecule has 0 aromatic rings. The van der Waals surface area contributed by atoms with Gasteiger partial charge in [0.1, 0.15) is 0 Å². The van der Waals surface area contributed by atoms with Gasteiger partial charge in [0.05, 0.1) is 0 Å². The summed E-state index contributed by atoms with van der Waals surface area (Å²) in [5.41, 5.74) is 0. The summed E-state index contributed by atoms with van der Waals surface area (Å²) in [7, 11) is 0. The summed E-state index contributed by atoms with van der Waals surface area (Å²) in [5.74, 6) is 0. The van der Waals surface area contributed by atoms with Crippen molar-refractivity contribution in [3.8, 4) is 0 Å². The minimum atomic E-state index is 0. The molecule has 0 aliphatic heterocycles. The molecule has 2 nitrogen and oxygen atoms in total. The first-order chi connectivity index (χ1) is 1.41. The molecule has 0 aromatic heterocycles. The fourth-order valence-corrected chi connectivity index (χ4v) is 0. The third-order valence-corrected chi connectivity index (χ3v) is 0. The molecule has 0 heterocycles. The minimum Gasteiger partial charge on any atom is -0.724 e. The number of rotatable bonds is 0. The average Bonchev–Trinajstić information content (AvgIpc) is 0.918. The summed E-state index contributed by atoms with van der Waals surface area (Å²) >= 11 is 0. The van der Waals surface area contributed by atoms with E-state index in [2.05, 4.69) is 0 Å². The van der Waals surface area contributed by atoms with Crippen LogP contribution in [0.25, 0.3) is 5.41 Å². The second kappa shape index (κ2) is 8.89. The van der Waals surface area contributed by atoms with Gasteiger partial charge in [0.25, 0.3) is 0 Å². The second-order valence-corrected chi connectivity index (χ2v) is 0.0913. The van der Waals surface area contributed by atoms with Gasteiger partial charge >= 0.3 is 58.2 Å². The summed E-state index contributed by atoms with van der Waals surface area (Å²) < 4.78 is 0. The molecule has 0 aliphatic rings. The van der Waals surface area contributed by atoms with Gasteiger partial charge in [-0.1, -0.05) is 0 Å². The van der Waals surface area contributed by atoms with Crippen molar-refractivity contribution >= 4 is 6.08 Å². The zero-order valence-corrected chi connectivity index (χ0v) is 7.27. The predicted molar refractivity (Wildman–Crippen MR) is 9.05 cm³/mol. The van der Waals surface area contributed by atoms with E-state index < -0.39 is 0 Å². The van der Waals surface area contributed by atoms with Crippen LogP contribution in [0, 0.1) is 0 Å². The van der Waals surface area contributed by atoms with Crippen LogP contribution < -0.4 is 58.2 Å². The van der Waals surface area contributed by atoms with Crippen molar-refractivity contribution in [1.29, 1.82) is 0 Å². The van der Waals surface area contributed by atoms with E-state index in [-0.39, 0.29) is 58.2 Å². The third kappa shape index (κ3) is 10.8. The molecule has 0 saturated heterocycles. The van der Waals surface area contributed by atoms with Crippen molar-refractivity contribution in [2.24, 2.45) is 0 Å². The smallest absolute Gasteiger partial charge is 0.724 e. The van der Waals surface area contributed by atoms with E-state index in [1.54, 1.807) is 0 Å². The Balaban J connectivity index is 0. The van der Waals surface area contributed by atoms with E-state index in [4.69, 9.17) is 10.2 Å². The molecule has 0 aromatic carbocycles. The van der Waals surface area contributed by atoms with Crippen LogP contribution in [0.4, 0.5) is 0 Å². The van der Waals surface area contributed by atoms with Crippen molar-refractivity contribution in [2.45, 2.75) is 0 Å². The summed E-state index contributed by atoms with van der Waals surface area (Å²) in [6, 6.07) is 0. The van der Waals surface area contributed by atoms with Gasteiger partial charge < -0.3 is 5.41 Å². The van der Waals surface area contributed by atoms with E-state index in [1.165, 1.54) is 0 Å². The van der Waals surface area contributed by atoms with Crippen molar-refractivity contribution in [1.82, 2.24) is 0 Å². The Morgan fingerprint density at radius 2 is 1.75 bits per heavy atom. The first-order valence-electron chi connectivity index (χ1n) is 0.428. The molecule has 0 spiro atoms. The van der Waals surface area contributed by atoms with Gasteiger partial charge in [0, 0.05) is 0 Å². The van der Waals surface area contributed by atoms with Gasteiger partial charge in [-0.15, -0.1) is 0 Å². The molecule has 0 bridgehead atoms. The first-order valence-corrected chi connectivity index (χ1v) is 0.428. The van der Waals surface area contributed by atoms with E-state index in [0.717, 1.165) is 0 Å². The number of nitrogens with zero attached hydrogens (tertiary/aromatic N) is 1. The van der Waals surface area contributed by atoms with Crippen LogP contribution in [0.3, 0.4) is 0 Å². The maximum atomic E-state index is 8.24. The Morgan fingerprint density at radius 3 is 1.75 bits per heavy atom. The molecule has 4 heavy (non-hydrogen) atoms. The molecule has 16 valence electrons. The van der Waals surface area contributed by atoms with Gasteiger partial charge in [-0.25, -0.2) is 0 Å². The molecule has 0 atom stereocenters. The van der Waals surface area contributed by atoms with Gasteiger partial charge in [-0.05, 0) is 6.08 Å². The molecule has 0 unspecified atom stereocenters. The largest absolute Gasteiger partial charge is 1.00 e. The van der Waals surface area contributed by atoms with Crippen LogP contribution in [0.1, 0.15) is 0 Å². The summed E-state index contributed by atoms with van der Waals surface area (Å²) in [5, 5.41) is 6.76. The molecule has 0 saturated carbocycles. The van der Waals surface area contributed by atoms with Crippen LogP contribution in [0.2, 0.25) is 0 Å². The van der Waals surface area contributed by atoms with Crippen LogP contribution in [-0.2, 0) is 4.79 Å². The van der Waals surface area contributed by atoms with Crippen molar-refractivity contribution in [3.05, 3.63) is 5.41 Å². The molecule has 0 rings (SSSR count). The summed E-state index contributed by atoms with van der Waals surface area (Å²) in [6.07, 6.45) is 0.500. The standard InChI is InChI=1S/CNO.Rb/c2-1-3;/q-1;+1. The van der Waals surface area contributed by atoms with E-state index >= 15 is 0 Å². The number of hydrogen-bond acceptors (Lipinski definition) is 1. The minimum absolute atomic E-state index is 0. The van der Waals surface area contributed by atoms with E-state index in [0.29, 0.717) is 6.08 Å². The van der Waals surface area contributed by atoms with Crippen molar-refractivity contribution in [3.63, 3.8) is 0 Å². The topological polar surface area (TPSA) is 39.4 Å². The zero-order valence-electron chi connectivity index (χ0n) is 2.36. The maximum absolute atomic E-state index is 8.24. The van der Waals surface area contributed by atoms with E-state index in [1.807, 2.05) is 0 Å². The third-order valence-electron chi connectivity index (χ3n) is 0. The Kier molecular flexibility index (Phi) is 19.9. The first kappa shape index (κ1) is 8.95. The normalized spacial score (nSPS) is 2.00. The van der Waals surface area contributed by atoms with Crippen molar-refractivity contribution < 1.29 is 63.0 Å². The molecule has 0 amide bonds. The molecular weight excluding hydrogens is 127 g/mol. The Bertz CT molecular complexity index is 29.0. The van der Waals surface area contributed by atoms with Gasteiger partial charge in [-0.3, -0.25) is 4.79 Å². The monoisotopic (exact) mass is 127 g/mol. The Morgan fingerprint density at radius 1 is 1.75 bits per heavy atom. The van der Waals surface area contributed by atoms with Crippen LogP contribution in [0.15, 0.2) is 0 Å². The number of hydrogen-bond donors (Lipinski definition) is 0. The fraction of sp³-hybridized carbons (Fsp3) is 0. The summed E-state index contributed by atoms with van der Waals surface area (Å²) in [6.45, 7) is 0. The van der Waals surface area contributed by atoms with Gasteiger partial charge in [0.2, 0.25) is 0 Å². The maximum Gasteiger partial charge on any atom is 1.00 e. The SMILES string of the molecule is [N-]=C=O.[Rb+]. The number of isocyanates is 1.